The maximum Gasteiger partial charge on any atom is 0.340 e. The van der Waals surface area contributed by atoms with Crippen LogP contribution in [0.4, 0.5) is 0 Å². The zero-order valence-electron chi connectivity index (χ0n) is 14.8. The molecule has 1 aliphatic rings. The number of esters is 2. The van der Waals surface area contributed by atoms with Gasteiger partial charge in [0, 0.05) is 12.1 Å². The monoisotopic (exact) mass is 389 g/mol. The summed E-state index contributed by atoms with van der Waals surface area (Å²) in [6, 6.07) is 0. The minimum atomic E-state index is -1.16. The van der Waals surface area contributed by atoms with Crippen LogP contribution in [0, 0.1) is 19.3 Å². The molecular formula is C17H21Cl2NO5. The molecule has 25 heavy (non-hydrogen) atoms. The molecule has 0 saturated heterocycles. The normalized spacial score (nSPS) is 22.2. The average molecular weight is 390 g/mol. The van der Waals surface area contributed by atoms with Crippen molar-refractivity contribution in [2.24, 2.45) is 5.41 Å². The molecule has 138 valence electrons. The number of hydrogen-bond donors (Lipinski definition) is 1. The Balaban J connectivity index is 2.17. The van der Waals surface area contributed by atoms with Gasteiger partial charge in [-0.2, -0.15) is 0 Å². The van der Waals surface area contributed by atoms with Crippen molar-refractivity contribution >= 4 is 40.9 Å². The van der Waals surface area contributed by atoms with E-state index in [2.05, 4.69) is 4.98 Å². The highest BCUT2D eigenvalue weighted by atomic mass is 35.5. The van der Waals surface area contributed by atoms with E-state index in [9.17, 15) is 14.4 Å². The third-order valence-corrected chi connectivity index (χ3v) is 5.63. The number of ketones is 1. The molecule has 1 heterocycles. The summed E-state index contributed by atoms with van der Waals surface area (Å²) in [5, 5.41) is 0. The van der Waals surface area contributed by atoms with Gasteiger partial charge >= 0.3 is 11.9 Å². The molecule has 0 aliphatic heterocycles. The predicted molar refractivity (Wildman–Crippen MR) is 93.3 cm³/mol. The van der Waals surface area contributed by atoms with E-state index in [0.717, 1.165) is 0 Å². The van der Waals surface area contributed by atoms with Crippen molar-refractivity contribution in [1.29, 1.82) is 0 Å². The Morgan fingerprint density at radius 1 is 1.28 bits per heavy atom. The highest BCUT2D eigenvalue weighted by Crippen LogP contribution is 2.64. The molecule has 1 aromatic rings. The van der Waals surface area contributed by atoms with Gasteiger partial charge in [-0.25, -0.2) is 4.79 Å². The molecule has 0 radical (unpaired) electrons. The molecule has 1 N–H and O–H groups in total. The fourth-order valence-corrected chi connectivity index (χ4v) is 3.36. The topological polar surface area (TPSA) is 85.5 Å². The second kappa shape index (κ2) is 6.65. The number of H-pyrrole nitrogens is 1. The van der Waals surface area contributed by atoms with Gasteiger partial charge in [0.05, 0.1) is 17.9 Å². The third kappa shape index (κ3) is 3.42. The van der Waals surface area contributed by atoms with Crippen molar-refractivity contribution in [3.8, 4) is 0 Å². The molecule has 1 aliphatic carbocycles. The fraction of sp³-hybridized carbons (Fsp3) is 0.588. The Morgan fingerprint density at radius 3 is 2.32 bits per heavy atom. The van der Waals surface area contributed by atoms with Crippen molar-refractivity contribution < 1.29 is 23.9 Å². The first-order chi connectivity index (χ1) is 11.5. The number of hydrogen-bond acceptors (Lipinski definition) is 5. The summed E-state index contributed by atoms with van der Waals surface area (Å²) in [6.07, 6.45) is -0.767. The lowest BCUT2D eigenvalue weighted by Gasteiger charge is -2.16. The van der Waals surface area contributed by atoms with Crippen LogP contribution in [0.3, 0.4) is 0 Å². The van der Waals surface area contributed by atoms with Crippen molar-refractivity contribution in [3.63, 3.8) is 0 Å². The fourth-order valence-electron chi connectivity index (χ4n) is 2.67. The van der Waals surface area contributed by atoms with E-state index < -0.39 is 33.6 Å². The molecule has 1 saturated carbocycles. The standard InChI is InChI=1S/C17H21Cl2NO5/c1-6-24-14(22)11-8(2)12(20-9(11)3)13(21)10(4)25-15(23)16(5)7-17(16,18)19/h10,20H,6-7H2,1-5H3/t10-,16+/m0/s1. The summed E-state index contributed by atoms with van der Waals surface area (Å²) in [6.45, 7) is 8.31. The zero-order valence-corrected chi connectivity index (χ0v) is 16.3. The number of alkyl halides is 2. The molecule has 2 rings (SSSR count). The van der Waals surface area contributed by atoms with Crippen LogP contribution in [0.5, 0.6) is 0 Å². The van der Waals surface area contributed by atoms with Gasteiger partial charge in [-0.15, -0.1) is 23.2 Å². The number of nitrogens with one attached hydrogen (secondary N) is 1. The van der Waals surface area contributed by atoms with Crippen LogP contribution >= 0.6 is 23.2 Å². The Bertz CT molecular complexity index is 740. The van der Waals surface area contributed by atoms with E-state index in [1.807, 2.05) is 0 Å². The first-order valence-corrected chi connectivity index (χ1v) is 8.71. The molecule has 6 nitrogen and oxygen atoms in total. The molecule has 8 heteroatoms. The Morgan fingerprint density at radius 2 is 1.84 bits per heavy atom. The quantitative estimate of drug-likeness (QED) is 0.457. The summed E-state index contributed by atoms with van der Waals surface area (Å²) in [4.78, 5) is 39.7. The third-order valence-electron chi connectivity index (χ3n) is 4.52. The van der Waals surface area contributed by atoms with E-state index in [0.29, 0.717) is 16.8 Å². The van der Waals surface area contributed by atoms with Crippen LogP contribution in [0.25, 0.3) is 0 Å². The lowest BCUT2D eigenvalue weighted by Crippen LogP contribution is -2.30. The Kier molecular flexibility index (Phi) is 5.26. The Hall–Kier alpha value is -1.53. The molecule has 0 bridgehead atoms. The summed E-state index contributed by atoms with van der Waals surface area (Å²) in [5.74, 6) is -1.56. The molecule has 0 amide bonds. The van der Waals surface area contributed by atoms with Crippen molar-refractivity contribution in [3.05, 3.63) is 22.5 Å². The second-order valence-electron chi connectivity index (χ2n) is 6.47. The Labute approximate surface area is 156 Å². The van der Waals surface area contributed by atoms with Crippen LogP contribution in [-0.4, -0.2) is 39.8 Å². The summed E-state index contributed by atoms with van der Waals surface area (Å²) in [5.41, 5.74) is 0.503. The zero-order chi connectivity index (χ0) is 19.2. The van der Waals surface area contributed by atoms with Crippen LogP contribution in [-0.2, 0) is 14.3 Å². The van der Waals surface area contributed by atoms with Gasteiger partial charge in [0.2, 0.25) is 5.78 Å². The number of rotatable bonds is 6. The molecule has 0 unspecified atom stereocenters. The SMILES string of the molecule is CCOC(=O)c1c(C)[nH]c(C(=O)[C@H](C)OC(=O)[C@@]2(C)CC2(Cl)Cl)c1C. The van der Waals surface area contributed by atoms with E-state index in [1.54, 1.807) is 27.7 Å². The van der Waals surface area contributed by atoms with Crippen molar-refractivity contribution in [1.82, 2.24) is 4.98 Å². The first kappa shape index (κ1) is 19.8. The maximum absolute atomic E-state index is 12.6. The van der Waals surface area contributed by atoms with E-state index in [-0.39, 0.29) is 18.7 Å². The minimum Gasteiger partial charge on any atom is -0.462 e. The maximum atomic E-state index is 12.6. The number of carbonyl (C=O) groups excluding carboxylic acids is 3. The number of Topliss-reactive ketones (excluding diaryl/α,β-unsaturated/α-hetero) is 1. The lowest BCUT2D eigenvalue weighted by molar-refractivity contribution is -0.152. The molecule has 1 aromatic heterocycles. The number of halogens is 2. The predicted octanol–water partition coefficient (Wildman–Crippen LogP) is 3.51. The number of aromatic amines is 1. The number of ether oxygens (including phenoxy) is 2. The first-order valence-electron chi connectivity index (χ1n) is 7.95. The summed E-state index contributed by atoms with van der Waals surface area (Å²) in [7, 11) is 0. The van der Waals surface area contributed by atoms with Gasteiger partial charge in [-0.05, 0) is 40.2 Å². The van der Waals surface area contributed by atoms with Gasteiger partial charge < -0.3 is 14.5 Å². The largest absolute Gasteiger partial charge is 0.462 e. The number of carbonyl (C=O) groups is 3. The summed E-state index contributed by atoms with van der Waals surface area (Å²) < 4.78 is 9.08. The van der Waals surface area contributed by atoms with Gasteiger partial charge in [0.15, 0.2) is 6.10 Å². The van der Waals surface area contributed by atoms with Gasteiger partial charge in [-0.1, -0.05) is 0 Å². The highest BCUT2D eigenvalue weighted by Gasteiger charge is 2.69. The molecule has 0 aromatic carbocycles. The smallest absolute Gasteiger partial charge is 0.340 e. The highest BCUT2D eigenvalue weighted by molar-refractivity contribution is 6.53. The number of aromatic nitrogens is 1. The number of aryl methyl sites for hydroxylation is 1. The molecule has 0 spiro atoms. The molecular weight excluding hydrogens is 369 g/mol. The summed E-state index contributed by atoms with van der Waals surface area (Å²) >= 11 is 11.9. The van der Waals surface area contributed by atoms with Gasteiger partial charge in [0.25, 0.3) is 0 Å². The van der Waals surface area contributed by atoms with E-state index >= 15 is 0 Å². The lowest BCUT2D eigenvalue weighted by atomic mass is 10.1. The molecule has 1 fully saturated rings. The molecule has 2 atom stereocenters. The second-order valence-corrected chi connectivity index (χ2v) is 7.95. The van der Waals surface area contributed by atoms with E-state index in [1.165, 1.54) is 6.92 Å². The minimum absolute atomic E-state index is 0.213. The van der Waals surface area contributed by atoms with Crippen molar-refractivity contribution in [2.45, 2.75) is 51.5 Å². The van der Waals surface area contributed by atoms with Crippen LogP contribution in [0.15, 0.2) is 0 Å². The van der Waals surface area contributed by atoms with Gasteiger partial charge in [-0.3, -0.25) is 9.59 Å². The van der Waals surface area contributed by atoms with Crippen LogP contribution in [0.2, 0.25) is 0 Å². The van der Waals surface area contributed by atoms with Crippen molar-refractivity contribution in [2.75, 3.05) is 6.61 Å². The average Bonchev–Trinajstić information content (AvgIpc) is 2.88. The van der Waals surface area contributed by atoms with Crippen LogP contribution < -0.4 is 0 Å². The van der Waals surface area contributed by atoms with Crippen LogP contribution in [0.1, 0.15) is 59.3 Å². The van der Waals surface area contributed by atoms with E-state index in [4.69, 9.17) is 32.7 Å². The van der Waals surface area contributed by atoms with Gasteiger partial charge in [0.1, 0.15) is 9.75 Å².